The van der Waals surface area contributed by atoms with Crippen molar-refractivity contribution < 1.29 is 14.4 Å². The highest BCUT2D eigenvalue weighted by atomic mass is 16.7. The van der Waals surface area contributed by atoms with Crippen LogP contribution in [0.15, 0.2) is 0 Å². The minimum absolute atomic E-state index is 0.144. The fraction of sp³-hybridized carbons (Fsp3) is 0.800. The van der Waals surface area contributed by atoms with E-state index in [4.69, 9.17) is 10.6 Å². The van der Waals surface area contributed by atoms with E-state index >= 15 is 0 Å². The van der Waals surface area contributed by atoms with E-state index in [9.17, 15) is 9.59 Å². The summed E-state index contributed by atoms with van der Waals surface area (Å²) in [4.78, 5) is 27.9. The summed E-state index contributed by atoms with van der Waals surface area (Å²) in [5, 5.41) is 2.62. The van der Waals surface area contributed by atoms with Crippen molar-refractivity contribution in [2.45, 2.75) is 39.3 Å². The summed E-state index contributed by atoms with van der Waals surface area (Å²) in [7, 11) is 0. The smallest absolute Gasteiger partial charge is 0.268 e. The molecular weight excluding hydrogens is 210 g/mol. The van der Waals surface area contributed by atoms with Crippen molar-refractivity contribution in [3.63, 3.8) is 0 Å². The third kappa shape index (κ3) is 2.33. The minimum atomic E-state index is -0.768. The zero-order chi connectivity index (χ0) is 12.6. The molecule has 0 radical (unpaired) electrons. The summed E-state index contributed by atoms with van der Waals surface area (Å²) >= 11 is 0. The maximum Gasteiger partial charge on any atom is 0.268 e. The lowest BCUT2D eigenvalue weighted by molar-refractivity contribution is -0.135. The minimum Gasteiger partial charge on any atom is -0.342 e. The molecule has 6 nitrogen and oxygen atoms in total. The van der Waals surface area contributed by atoms with Gasteiger partial charge in [0.1, 0.15) is 12.6 Å². The molecule has 1 saturated heterocycles. The van der Waals surface area contributed by atoms with E-state index < -0.39 is 17.0 Å². The van der Waals surface area contributed by atoms with Gasteiger partial charge in [-0.25, -0.2) is 5.48 Å². The van der Waals surface area contributed by atoms with Crippen LogP contribution in [0.25, 0.3) is 0 Å². The maximum absolute atomic E-state index is 12.0. The Morgan fingerprint density at radius 2 is 2.06 bits per heavy atom. The van der Waals surface area contributed by atoms with Crippen LogP contribution in [-0.2, 0) is 14.4 Å². The number of hydrogen-bond donors (Lipinski definition) is 3. The number of carbonyl (C=O) groups is 2. The number of nitrogens with two attached hydrogens (primary N) is 1. The van der Waals surface area contributed by atoms with E-state index in [1.54, 1.807) is 27.7 Å². The van der Waals surface area contributed by atoms with Gasteiger partial charge in [-0.3, -0.25) is 14.4 Å². The van der Waals surface area contributed by atoms with E-state index in [-0.39, 0.29) is 18.4 Å². The number of hydroxylamine groups is 1. The Morgan fingerprint density at radius 3 is 2.44 bits per heavy atom. The van der Waals surface area contributed by atoms with E-state index in [2.05, 4.69) is 10.8 Å². The van der Waals surface area contributed by atoms with Gasteiger partial charge < -0.3 is 11.1 Å². The van der Waals surface area contributed by atoms with Crippen molar-refractivity contribution in [2.24, 2.45) is 11.1 Å². The molecule has 1 atom stereocenters. The van der Waals surface area contributed by atoms with Crippen LogP contribution in [0.4, 0.5) is 0 Å². The van der Waals surface area contributed by atoms with Crippen molar-refractivity contribution in [1.29, 1.82) is 0 Å². The molecule has 6 heteroatoms. The topological polar surface area (TPSA) is 93.5 Å². The lowest BCUT2D eigenvalue weighted by Crippen LogP contribution is -2.58. The second-order valence-electron chi connectivity index (χ2n) is 5.15. The molecule has 1 aliphatic rings. The first kappa shape index (κ1) is 12.9. The van der Waals surface area contributed by atoms with Gasteiger partial charge in [-0.05, 0) is 27.7 Å². The first-order chi connectivity index (χ1) is 7.16. The summed E-state index contributed by atoms with van der Waals surface area (Å²) in [6, 6.07) is -0.630. The first-order valence-electron chi connectivity index (χ1n) is 5.18. The van der Waals surface area contributed by atoms with Crippen molar-refractivity contribution >= 4 is 11.8 Å². The second kappa shape index (κ2) is 4.03. The van der Waals surface area contributed by atoms with Crippen LogP contribution < -0.4 is 16.5 Å². The summed E-state index contributed by atoms with van der Waals surface area (Å²) < 4.78 is 0. The van der Waals surface area contributed by atoms with E-state index in [1.165, 1.54) is 0 Å². The third-order valence-electron chi connectivity index (χ3n) is 3.22. The molecule has 2 amide bonds. The van der Waals surface area contributed by atoms with Crippen LogP contribution in [-0.4, -0.2) is 30.0 Å². The van der Waals surface area contributed by atoms with Crippen molar-refractivity contribution in [3.8, 4) is 0 Å². The van der Waals surface area contributed by atoms with Gasteiger partial charge in [0.25, 0.3) is 5.91 Å². The lowest BCUT2D eigenvalue weighted by Gasteiger charge is -2.37. The summed E-state index contributed by atoms with van der Waals surface area (Å²) in [6.07, 6.45) is 0. The molecule has 1 fully saturated rings. The van der Waals surface area contributed by atoms with Crippen LogP contribution in [0.5, 0.6) is 0 Å². The SMILES string of the molecule is CC(C)(N)C(C)(C)C(=O)N[C@@H]1CONC1=O. The highest BCUT2D eigenvalue weighted by Gasteiger charge is 2.42. The Hall–Kier alpha value is -1.14. The molecule has 0 aromatic rings. The molecule has 92 valence electrons. The predicted octanol–water partition coefficient (Wildman–Crippen LogP) is -0.704. The number of rotatable bonds is 3. The molecule has 0 spiro atoms. The molecule has 0 unspecified atom stereocenters. The number of nitrogens with one attached hydrogen (secondary N) is 2. The van der Waals surface area contributed by atoms with Crippen LogP contribution in [0, 0.1) is 5.41 Å². The Labute approximate surface area is 94.8 Å². The van der Waals surface area contributed by atoms with Gasteiger partial charge in [-0.2, -0.15) is 0 Å². The average Bonchev–Trinajstić information content (AvgIpc) is 2.49. The van der Waals surface area contributed by atoms with Gasteiger partial charge in [-0.15, -0.1) is 0 Å². The standard InChI is InChI=1S/C10H19N3O3/c1-9(2,10(3,4)11)8(15)12-6-5-16-13-7(6)14/h6H,5,11H2,1-4H3,(H,12,15)(H,13,14)/t6-/m1/s1. The van der Waals surface area contributed by atoms with Crippen LogP contribution in [0.1, 0.15) is 27.7 Å². The Balaban J connectivity index is 2.68. The van der Waals surface area contributed by atoms with Crippen LogP contribution in [0.3, 0.4) is 0 Å². The average molecular weight is 229 g/mol. The third-order valence-corrected chi connectivity index (χ3v) is 3.22. The van der Waals surface area contributed by atoms with Gasteiger partial charge in [0.15, 0.2) is 0 Å². The highest BCUT2D eigenvalue weighted by molar-refractivity contribution is 5.90. The number of amides is 2. The van der Waals surface area contributed by atoms with Gasteiger partial charge in [0, 0.05) is 5.54 Å². The molecule has 1 rings (SSSR count). The molecule has 1 heterocycles. The highest BCUT2D eigenvalue weighted by Crippen LogP contribution is 2.28. The predicted molar refractivity (Wildman–Crippen MR) is 58.1 cm³/mol. The molecular formula is C10H19N3O3. The van der Waals surface area contributed by atoms with Gasteiger partial charge >= 0.3 is 0 Å². The monoisotopic (exact) mass is 229 g/mol. The number of carbonyl (C=O) groups excluding carboxylic acids is 2. The fourth-order valence-electron chi connectivity index (χ4n) is 1.08. The van der Waals surface area contributed by atoms with Gasteiger partial charge in [-0.1, -0.05) is 0 Å². The van der Waals surface area contributed by atoms with Crippen LogP contribution in [0.2, 0.25) is 0 Å². The van der Waals surface area contributed by atoms with Crippen molar-refractivity contribution in [1.82, 2.24) is 10.8 Å². The molecule has 0 saturated carbocycles. The van der Waals surface area contributed by atoms with Crippen molar-refractivity contribution in [3.05, 3.63) is 0 Å². The second-order valence-corrected chi connectivity index (χ2v) is 5.15. The lowest BCUT2D eigenvalue weighted by atomic mass is 9.74. The first-order valence-corrected chi connectivity index (χ1v) is 5.18. The van der Waals surface area contributed by atoms with Crippen molar-refractivity contribution in [2.75, 3.05) is 6.61 Å². The normalized spacial score (nSPS) is 21.8. The molecule has 1 aliphatic heterocycles. The van der Waals surface area contributed by atoms with E-state index in [0.29, 0.717) is 0 Å². The maximum atomic E-state index is 12.0. The summed E-state index contributed by atoms with van der Waals surface area (Å²) in [5.41, 5.74) is 6.67. The Kier molecular flexibility index (Phi) is 3.25. The zero-order valence-electron chi connectivity index (χ0n) is 10.1. The van der Waals surface area contributed by atoms with E-state index in [1.807, 2.05) is 0 Å². The molecule has 0 bridgehead atoms. The Bertz CT molecular complexity index is 307. The largest absolute Gasteiger partial charge is 0.342 e. The quantitative estimate of drug-likeness (QED) is 0.596. The molecule has 0 aliphatic carbocycles. The molecule has 16 heavy (non-hydrogen) atoms. The Morgan fingerprint density at radius 1 is 1.50 bits per heavy atom. The fourth-order valence-corrected chi connectivity index (χ4v) is 1.08. The summed E-state index contributed by atoms with van der Waals surface area (Å²) in [5.74, 6) is -0.593. The summed E-state index contributed by atoms with van der Waals surface area (Å²) in [6.45, 7) is 7.19. The number of hydrogen-bond acceptors (Lipinski definition) is 4. The molecule has 4 N–H and O–H groups in total. The van der Waals surface area contributed by atoms with Gasteiger partial charge in [0.05, 0.1) is 5.41 Å². The van der Waals surface area contributed by atoms with Crippen LogP contribution >= 0.6 is 0 Å². The molecule has 0 aromatic carbocycles. The zero-order valence-corrected chi connectivity index (χ0v) is 10.1. The molecule has 0 aromatic heterocycles. The van der Waals surface area contributed by atoms with Gasteiger partial charge in [0.2, 0.25) is 5.91 Å². The van der Waals surface area contributed by atoms with E-state index in [0.717, 1.165) is 0 Å².